The summed E-state index contributed by atoms with van der Waals surface area (Å²) in [5, 5.41) is 7.74. The molecular formula is C5H6Cl2N4. The first kappa shape index (κ1) is 8.67. The van der Waals surface area contributed by atoms with E-state index < -0.39 is 0 Å². The summed E-state index contributed by atoms with van der Waals surface area (Å²) in [6, 6.07) is 1.61. The monoisotopic (exact) mass is 192 g/mol. The maximum Gasteiger partial charge on any atom is 0.156 e. The molecule has 0 saturated heterocycles. The Labute approximate surface area is 73.7 Å². The standard InChI is InChI=1S/C5H6Cl2N4/c6-4-1-3(2-9-8)5(7)11-10-4/h1,9H,2,8H2. The SMILES string of the molecule is NNCc1cc(Cl)nnc1Cl. The van der Waals surface area contributed by atoms with E-state index in [1.807, 2.05) is 0 Å². The molecule has 0 amide bonds. The van der Waals surface area contributed by atoms with Crippen LogP contribution in [0.25, 0.3) is 0 Å². The first-order valence-electron chi connectivity index (χ1n) is 2.85. The Hall–Kier alpha value is -0.420. The van der Waals surface area contributed by atoms with Gasteiger partial charge in [-0.05, 0) is 6.07 Å². The number of aromatic nitrogens is 2. The lowest BCUT2D eigenvalue weighted by Crippen LogP contribution is -2.21. The van der Waals surface area contributed by atoms with Gasteiger partial charge in [0.25, 0.3) is 0 Å². The number of hydrazine groups is 1. The summed E-state index contributed by atoms with van der Waals surface area (Å²) in [6.07, 6.45) is 0. The minimum Gasteiger partial charge on any atom is -0.271 e. The average Bonchev–Trinajstić information content (AvgIpc) is 1.98. The van der Waals surface area contributed by atoms with Gasteiger partial charge in [0.1, 0.15) is 0 Å². The molecule has 0 fully saturated rings. The van der Waals surface area contributed by atoms with Crippen LogP contribution in [-0.4, -0.2) is 10.2 Å². The summed E-state index contributed by atoms with van der Waals surface area (Å²) in [4.78, 5) is 0. The van der Waals surface area contributed by atoms with E-state index in [1.54, 1.807) is 6.07 Å². The molecule has 6 heteroatoms. The van der Waals surface area contributed by atoms with Crippen molar-refractivity contribution in [3.63, 3.8) is 0 Å². The quantitative estimate of drug-likeness (QED) is 0.537. The Morgan fingerprint density at radius 3 is 2.82 bits per heavy atom. The van der Waals surface area contributed by atoms with Gasteiger partial charge in [0.05, 0.1) is 0 Å². The van der Waals surface area contributed by atoms with E-state index >= 15 is 0 Å². The Bertz CT molecular complexity index is 252. The molecule has 0 atom stereocenters. The van der Waals surface area contributed by atoms with E-state index in [4.69, 9.17) is 29.0 Å². The van der Waals surface area contributed by atoms with Crippen LogP contribution in [0.15, 0.2) is 6.07 Å². The zero-order valence-corrected chi connectivity index (χ0v) is 7.02. The zero-order valence-electron chi connectivity index (χ0n) is 5.51. The van der Waals surface area contributed by atoms with Gasteiger partial charge < -0.3 is 0 Å². The van der Waals surface area contributed by atoms with Gasteiger partial charge in [0.15, 0.2) is 10.3 Å². The predicted molar refractivity (Wildman–Crippen MR) is 43.1 cm³/mol. The van der Waals surface area contributed by atoms with Crippen LogP contribution in [0.4, 0.5) is 0 Å². The molecule has 0 bridgehead atoms. The molecule has 0 spiro atoms. The molecule has 0 aliphatic heterocycles. The van der Waals surface area contributed by atoms with Crippen LogP contribution < -0.4 is 11.3 Å². The van der Waals surface area contributed by atoms with Gasteiger partial charge in [0, 0.05) is 12.1 Å². The molecule has 0 unspecified atom stereocenters. The third-order valence-corrected chi connectivity index (χ3v) is 1.59. The normalized spacial score (nSPS) is 10.1. The van der Waals surface area contributed by atoms with Crippen molar-refractivity contribution < 1.29 is 0 Å². The molecule has 11 heavy (non-hydrogen) atoms. The third kappa shape index (κ3) is 2.27. The molecule has 1 rings (SSSR count). The number of halogens is 2. The molecule has 1 aromatic rings. The smallest absolute Gasteiger partial charge is 0.156 e. The third-order valence-electron chi connectivity index (χ3n) is 1.08. The molecule has 60 valence electrons. The molecule has 0 aliphatic carbocycles. The van der Waals surface area contributed by atoms with Crippen molar-refractivity contribution in [3.8, 4) is 0 Å². The van der Waals surface area contributed by atoms with E-state index in [-0.39, 0.29) is 0 Å². The van der Waals surface area contributed by atoms with Crippen LogP contribution in [0.5, 0.6) is 0 Å². The Kier molecular flexibility index (Phi) is 3.02. The van der Waals surface area contributed by atoms with Crippen LogP contribution in [0.2, 0.25) is 10.3 Å². The van der Waals surface area contributed by atoms with Crippen LogP contribution in [0.3, 0.4) is 0 Å². The average molecular weight is 193 g/mol. The number of nitrogens with zero attached hydrogens (tertiary/aromatic N) is 2. The molecule has 0 aliphatic rings. The van der Waals surface area contributed by atoms with Gasteiger partial charge >= 0.3 is 0 Å². The van der Waals surface area contributed by atoms with Crippen molar-refractivity contribution in [2.24, 2.45) is 5.84 Å². The molecule has 0 aromatic carbocycles. The Morgan fingerprint density at radius 1 is 1.45 bits per heavy atom. The minimum atomic E-state index is 0.305. The molecule has 1 heterocycles. The summed E-state index contributed by atoms with van der Waals surface area (Å²) < 4.78 is 0. The van der Waals surface area contributed by atoms with Gasteiger partial charge in [-0.2, -0.15) is 0 Å². The molecule has 0 saturated carbocycles. The maximum atomic E-state index is 5.65. The highest BCUT2D eigenvalue weighted by molar-refractivity contribution is 6.31. The Balaban J connectivity index is 2.93. The molecular weight excluding hydrogens is 187 g/mol. The van der Waals surface area contributed by atoms with Gasteiger partial charge in [-0.3, -0.25) is 11.3 Å². The summed E-state index contributed by atoms with van der Waals surface area (Å²) in [7, 11) is 0. The van der Waals surface area contributed by atoms with Crippen LogP contribution >= 0.6 is 23.2 Å². The largest absolute Gasteiger partial charge is 0.271 e. The highest BCUT2D eigenvalue weighted by atomic mass is 35.5. The second kappa shape index (κ2) is 3.82. The van der Waals surface area contributed by atoms with E-state index in [9.17, 15) is 0 Å². The van der Waals surface area contributed by atoms with Crippen molar-refractivity contribution >= 4 is 23.2 Å². The fourth-order valence-corrected chi connectivity index (χ4v) is 0.951. The summed E-state index contributed by atoms with van der Waals surface area (Å²) >= 11 is 11.2. The fourth-order valence-electron chi connectivity index (χ4n) is 0.622. The Morgan fingerprint density at radius 2 is 2.18 bits per heavy atom. The summed E-state index contributed by atoms with van der Waals surface area (Å²) in [6.45, 7) is 0.425. The molecule has 4 nitrogen and oxygen atoms in total. The second-order valence-electron chi connectivity index (χ2n) is 1.86. The van der Waals surface area contributed by atoms with Gasteiger partial charge in [-0.25, -0.2) is 0 Å². The highest BCUT2D eigenvalue weighted by Crippen LogP contribution is 2.14. The first-order valence-corrected chi connectivity index (χ1v) is 3.60. The zero-order chi connectivity index (χ0) is 8.27. The summed E-state index contributed by atoms with van der Waals surface area (Å²) in [5.74, 6) is 5.08. The number of rotatable bonds is 2. The van der Waals surface area contributed by atoms with Crippen molar-refractivity contribution in [2.45, 2.75) is 6.54 Å². The highest BCUT2D eigenvalue weighted by Gasteiger charge is 2.01. The number of nitrogens with one attached hydrogen (secondary N) is 1. The maximum absolute atomic E-state index is 5.65. The second-order valence-corrected chi connectivity index (χ2v) is 2.61. The van der Waals surface area contributed by atoms with Crippen molar-refractivity contribution in [2.75, 3.05) is 0 Å². The fraction of sp³-hybridized carbons (Fsp3) is 0.200. The van der Waals surface area contributed by atoms with Crippen LogP contribution in [-0.2, 0) is 6.54 Å². The lowest BCUT2D eigenvalue weighted by molar-refractivity contribution is 0.735. The first-order chi connectivity index (χ1) is 5.24. The van der Waals surface area contributed by atoms with E-state index in [0.717, 1.165) is 5.56 Å². The van der Waals surface area contributed by atoms with Gasteiger partial charge in [-0.1, -0.05) is 23.2 Å². The lowest BCUT2D eigenvalue weighted by atomic mass is 10.3. The van der Waals surface area contributed by atoms with Crippen LogP contribution in [0.1, 0.15) is 5.56 Å². The van der Waals surface area contributed by atoms with Crippen LogP contribution in [0, 0.1) is 0 Å². The molecule has 3 N–H and O–H groups in total. The summed E-state index contributed by atoms with van der Waals surface area (Å²) in [5.41, 5.74) is 3.17. The van der Waals surface area contributed by atoms with Crippen molar-refractivity contribution in [1.82, 2.24) is 15.6 Å². The number of hydrogen-bond donors (Lipinski definition) is 2. The lowest BCUT2D eigenvalue weighted by Gasteiger charge is -2.00. The molecule has 1 aromatic heterocycles. The molecule has 0 radical (unpaired) electrons. The number of nitrogens with two attached hydrogens (primary N) is 1. The van der Waals surface area contributed by atoms with Crippen molar-refractivity contribution in [1.29, 1.82) is 0 Å². The number of hydrogen-bond acceptors (Lipinski definition) is 4. The predicted octanol–water partition coefficient (Wildman–Crippen LogP) is 0.747. The van der Waals surface area contributed by atoms with E-state index in [1.165, 1.54) is 0 Å². The van der Waals surface area contributed by atoms with Crippen molar-refractivity contribution in [3.05, 3.63) is 21.9 Å². The minimum absolute atomic E-state index is 0.305. The van der Waals surface area contributed by atoms with E-state index in [2.05, 4.69) is 15.6 Å². The van der Waals surface area contributed by atoms with Gasteiger partial charge in [-0.15, -0.1) is 10.2 Å². The topological polar surface area (TPSA) is 63.8 Å². The van der Waals surface area contributed by atoms with E-state index in [0.29, 0.717) is 16.9 Å². The van der Waals surface area contributed by atoms with Gasteiger partial charge in [0.2, 0.25) is 0 Å².